The van der Waals surface area contributed by atoms with Gasteiger partial charge >= 0.3 is 6.01 Å². The van der Waals surface area contributed by atoms with Gasteiger partial charge in [-0.05, 0) is 58.7 Å². The topological polar surface area (TPSA) is 84.6 Å². The number of amides is 1. The molecule has 0 aliphatic carbocycles. The van der Waals surface area contributed by atoms with Gasteiger partial charge in [0.05, 0.1) is 12.5 Å². The normalized spacial score (nSPS) is 18.6. The number of aromatic nitrogens is 2. The van der Waals surface area contributed by atoms with E-state index >= 15 is 0 Å². The van der Waals surface area contributed by atoms with Gasteiger partial charge in [0.2, 0.25) is 5.91 Å². The first kappa shape index (κ1) is 19.9. The number of anilines is 2. The number of fused-ring (bicyclic) bond motifs is 1. The van der Waals surface area contributed by atoms with Gasteiger partial charge in [-0.3, -0.25) is 9.69 Å². The minimum absolute atomic E-state index is 0.0165. The fourth-order valence-electron chi connectivity index (χ4n) is 3.74. The lowest BCUT2D eigenvalue weighted by atomic mass is 10.1. The van der Waals surface area contributed by atoms with Crippen molar-refractivity contribution in [3.05, 3.63) is 5.56 Å². The van der Waals surface area contributed by atoms with Crippen molar-refractivity contribution in [3.63, 3.8) is 0 Å². The molecule has 1 amide bonds. The van der Waals surface area contributed by atoms with E-state index in [-0.39, 0.29) is 18.0 Å². The first-order valence-electron chi connectivity index (χ1n) is 10.4. The van der Waals surface area contributed by atoms with E-state index in [2.05, 4.69) is 14.9 Å². The van der Waals surface area contributed by atoms with Crippen LogP contribution in [0.4, 0.5) is 11.6 Å². The fraction of sp³-hybridized carbons (Fsp3) is 0.750. The van der Waals surface area contributed by atoms with Crippen LogP contribution in [0, 0.1) is 0 Å². The summed E-state index contributed by atoms with van der Waals surface area (Å²) in [6, 6.07) is 0.269. The Bertz CT molecular complexity index is 646. The SMILES string of the molecule is CC[C@H](C)Oc1nc(N)c2c(n1)N(CCCCCN1CCCCC1)C(=O)C2. The molecule has 2 aliphatic heterocycles. The van der Waals surface area contributed by atoms with Crippen molar-refractivity contribution < 1.29 is 9.53 Å². The van der Waals surface area contributed by atoms with Gasteiger partial charge in [0.1, 0.15) is 11.6 Å². The molecule has 0 aromatic carbocycles. The number of carbonyl (C=O) groups is 1. The summed E-state index contributed by atoms with van der Waals surface area (Å²) in [7, 11) is 0. The average Bonchev–Trinajstić information content (AvgIpc) is 2.98. The van der Waals surface area contributed by atoms with E-state index < -0.39 is 0 Å². The molecule has 7 heteroatoms. The Hall–Kier alpha value is -1.89. The van der Waals surface area contributed by atoms with E-state index in [1.807, 2.05) is 13.8 Å². The van der Waals surface area contributed by atoms with Crippen LogP contribution in [0.1, 0.15) is 64.4 Å². The Labute approximate surface area is 162 Å². The van der Waals surface area contributed by atoms with E-state index in [0.29, 0.717) is 24.6 Å². The Kier molecular flexibility index (Phi) is 6.88. The molecule has 0 bridgehead atoms. The first-order valence-corrected chi connectivity index (χ1v) is 10.4. The number of piperidine rings is 1. The molecule has 0 unspecified atom stereocenters. The van der Waals surface area contributed by atoms with E-state index in [4.69, 9.17) is 10.5 Å². The zero-order chi connectivity index (χ0) is 19.2. The summed E-state index contributed by atoms with van der Waals surface area (Å²) < 4.78 is 5.72. The highest BCUT2D eigenvalue weighted by Crippen LogP contribution is 2.32. The summed E-state index contributed by atoms with van der Waals surface area (Å²) in [5.74, 6) is 1.06. The number of nitrogen functional groups attached to an aromatic ring is 1. The quantitative estimate of drug-likeness (QED) is 0.668. The van der Waals surface area contributed by atoms with Crippen LogP contribution in [-0.4, -0.2) is 53.1 Å². The first-order chi connectivity index (χ1) is 13.1. The standard InChI is InChI=1S/C20H33N5O2/c1-3-15(2)27-20-22-18(21)16-14-17(26)25(19(16)23-20)13-9-5-8-12-24-10-6-4-7-11-24/h15H,3-14H2,1-2H3,(H2,21,22,23)/t15-/m0/s1. The van der Waals surface area contributed by atoms with Gasteiger partial charge in [-0.2, -0.15) is 9.97 Å². The van der Waals surface area contributed by atoms with Crippen molar-refractivity contribution in [1.82, 2.24) is 14.9 Å². The number of likely N-dealkylation sites (tertiary alicyclic amines) is 1. The largest absolute Gasteiger partial charge is 0.460 e. The van der Waals surface area contributed by atoms with Crippen molar-refractivity contribution in [2.45, 2.75) is 71.3 Å². The van der Waals surface area contributed by atoms with Gasteiger partial charge in [-0.15, -0.1) is 0 Å². The molecule has 2 N–H and O–H groups in total. The number of ether oxygens (including phenoxy) is 1. The lowest BCUT2D eigenvalue weighted by Gasteiger charge is -2.26. The van der Waals surface area contributed by atoms with Crippen LogP contribution >= 0.6 is 0 Å². The highest BCUT2D eigenvalue weighted by molar-refractivity contribution is 6.01. The van der Waals surface area contributed by atoms with Gasteiger partial charge in [0.25, 0.3) is 0 Å². The molecule has 2 aliphatic rings. The van der Waals surface area contributed by atoms with Crippen molar-refractivity contribution in [2.75, 3.05) is 36.8 Å². The van der Waals surface area contributed by atoms with E-state index in [0.717, 1.165) is 24.8 Å². The molecule has 1 fully saturated rings. The fourth-order valence-corrected chi connectivity index (χ4v) is 3.74. The monoisotopic (exact) mass is 375 g/mol. The minimum atomic E-state index is 0.0165. The van der Waals surface area contributed by atoms with Gasteiger partial charge in [-0.25, -0.2) is 0 Å². The molecular weight excluding hydrogens is 342 g/mol. The number of carbonyl (C=O) groups excluding carboxylic acids is 1. The molecule has 3 heterocycles. The van der Waals surface area contributed by atoms with Crippen LogP contribution in [-0.2, 0) is 11.2 Å². The van der Waals surface area contributed by atoms with Crippen LogP contribution in [0.2, 0.25) is 0 Å². The van der Waals surface area contributed by atoms with Crippen molar-refractivity contribution in [3.8, 4) is 6.01 Å². The van der Waals surface area contributed by atoms with Crippen molar-refractivity contribution in [1.29, 1.82) is 0 Å². The molecule has 1 aromatic rings. The second kappa shape index (κ2) is 9.35. The van der Waals surface area contributed by atoms with Crippen LogP contribution in [0.5, 0.6) is 6.01 Å². The summed E-state index contributed by atoms with van der Waals surface area (Å²) in [5, 5.41) is 0. The highest BCUT2D eigenvalue weighted by Gasteiger charge is 2.32. The number of unbranched alkanes of at least 4 members (excludes halogenated alkanes) is 2. The number of nitrogens with zero attached hydrogens (tertiary/aromatic N) is 4. The summed E-state index contributed by atoms with van der Waals surface area (Å²) in [5.41, 5.74) is 6.80. The molecule has 27 heavy (non-hydrogen) atoms. The predicted octanol–water partition coefficient (Wildman–Crippen LogP) is 2.78. The maximum absolute atomic E-state index is 12.4. The van der Waals surface area contributed by atoms with Gasteiger partial charge in [-0.1, -0.05) is 19.8 Å². The van der Waals surface area contributed by atoms with Crippen LogP contribution in [0.25, 0.3) is 0 Å². The third kappa shape index (κ3) is 5.09. The van der Waals surface area contributed by atoms with E-state index in [1.165, 1.54) is 45.3 Å². The van der Waals surface area contributed by atoms with Gasteiger partial charge in [0.15, 0.2) is 0 Å². The zero-order valence-corrected chi connectivity index (χ0v) is 16.7. The smallest absolute Gasteiger partial charge is 0.320 e. The number of hydrogen-bond donors (Lipinski definition) is 1. The average molecular weight is 376 g/mol. The summed E-state index contributed by atoms with van der Waals surface area (Å²) in [4.78, 5) is 25.5. The summed E-state index contributed by atoms with van der Waals surface area (Å²) >= 11 is 0. The molecule has 0 saturated carbocycles. The summed E-state index contributed by atoms with van der Waals surface area (Å²) in [6.07, 6.45) is 8.49. The minimum Gasteiger partial charge on any atom is -0.460 e. The number of nitrogens with two attached hydrogens (primary N) is 1. The van der Waals surface area contributed by atoms with E-state index in [1.54, 1.807) is 4.90 Å². The van der Waals surface area contributed by atoms with Crippen LogP contribution < -0.4 is 15.4 Å². The maximum Gasteiger partial charge on any atom is 0.320 e. The number of hydrogen-bond acceptors (Lipinski definition) is 6. The van der Waals surface area contributed by atoms with Gasteiger partial charge < -0.3 is 15.4 Å². The van der Waals surface area contributed by atoms with Gasteiger partial charge in [0, 0.05) is 12.1 Å². The molecule has 150 valence electrons. The Morgan fingerprint density at radius 1 is 1.11 bits per heavy atom. The third-order valence-corrected chi connectivity index (χ3v) is 5.57. The van der Waals surface area contributed by atoms with Crippen molar-refractivity contribution >= 4 is 17.5 Å². The van der Waals surface area contributed by atoms with Crippen molar-refractivity contribution in [2.24, 2.45) is 0 Å². The molecular formula is C20H33N5O2. The van der Waals surface area contributed by atoms with Crippen LogP contribution in [0.15, 0.2) is 0 Å². The third-order valence-electron chi connectivity index (χ3n) is 5.57. The maximum atomic E-state index is 12.4. The summed E-state index contributed by atoms with van der Waals surface area (Å²) in [6.45, 7) is 8.36. The molecule has 7 nitrogen and oxygen atoms in total. The molecule has 1 aromatic heterocycles. The molecule has 1 saturated heterocycles. The van der Waals surface area contributed by atoms with E-state index in [9.17, 15) is 4.79 Å². The lowest BCUT2D eigenvalue weighted by Crippen LogP contribution is -2.31. The zero-order valence-electron chi connectivity index (χ0n) is 16.7. The Morgan fingerprint density at radius 2 is 1.85 bits per heavy atom. The number of rotatable bonds is 9. The lowest BCUT2D eigenvalue weighted by molar-refractivity contribution is -0.117. The highest BCUT2D eigenvalue weighted by atomic mass is 16.5. The second-order valence-electron chi connectivity index (χ2n) is 7.72. The van der Waals surface area contributed by atoms with Crippen LogP contribution in [0.3, 0.4) is 0 Å². The molecule has 3 rings (SSSR count). The molecule has 0 spiro atoms. The predicted molar refractivity (Wildman–Crippen MR) is 107 cm³/mol. The Balaban J connectivity index is 1.53. The Morgan fingerprint density at radius 3 is 2.59 bits per heavy atom. The second-order valence-corrected chi connectivity index (χ2v) is 7.72. The molecule has 0 radical (unpaired) electrons. The molecule has 1 atom stereocenters.